The minimum absolute atomic E-state index is 0.000758. The smallest absolute Gasteiger partial charge is 0.243 e. The van der Waals surface area contributed by atoms with Crippen molar-refractivity contribution in [3.63, 3.8) is 0 Å². The number of carbonyl (C=O) groups is 4. The number of piperidine rings is 1. The molecule has 0 saturated carbocycles. The lowest BCUT2D eigenvalue weighted by molar-refractivity contribution is -0.146. The Labute approximate surface area is 540 Å². The molecule has 3 aliphatic heterocycles. The first-order valence-electron chi connectivity index (χ1n) is 31.5. The molecule has 0 spiro atoms. The van der Waals surface area contributed by atoms with Gasteiger partial charge in [0, 0.05) is 125 Å². The van der Waals surface area contributed by atoms with Gasteiger partial charge in [0.1, 0.15) is 30.5 Å². The number of Topliss-reactive ketones (excluding diaryl/α,β-unsaturated/α-hetero) is 1. The Balaban J connectivity index is 0.612. The van der Waals surface area contributed by atoms with Gasteiger partial charge >= 0.3 is 0 Å². The Morgan fingerprint density at radius 2 is 1.42 bits per heavy atom. The van der Waals surface area contributed by atoms with Crippen molar-refractivity contribution >= 4 is 64.6 Å². The summed E-state index contributed by atoms with van der Waals surface area (Å²) in [6, 6.07) is 21.7. The van der Waals surface area contributed by atoms with Gasteiger partial charge in [-0.1, -0.05) is 87.0 Å². The highest BCUT2D eigenvalue weighted by Crippen LogP contribution is 2.38. The quantitative estimate of drug-likeness (QED) is 0.0301. The Morgan fingerprint density at radius 3 is 2.03 bits per heavy atom. The van der Waals surface area contributed by atoms with E-state index in [1.54, 1.807) is 38.0 Å². The number of β-amino-alcohol motifs (C(OH)–C–C–N with tert-alkyl or cyclic N) is 1. The molecule has 23 heteroatoms. The van der Waals surface area contributed by atoms with Crippen molar-refractivity contribution in [1.29, 1.82) is 0 Å². The van der Waals surface area contributed by atoms with Gasteiger partial charge in [-0.25, -0.2) is 15.0 Å². The average molecular weight is 1300 g/mol. The van der Waals surface area contributed by atoms with E-state index in [1.165, 1.54) is 4.90 Å². The Kier molecular flexibility index (Phi) is 26.7. The molecule has 3 atom stereocenters. The molecule has 3 aromatic carbocycles. The van der Waals surface area contributed by atoms with Gasteiger partial charge in [0.15, 0.2) is 0 Å². The number of aliphatic hydroxyl groups excluding tert-OH is 1. The second-order valence-corrected chi connectivity index (χ2v) is 29.3. The van der Waals surface area contributed by atoms with Crippen LogP contribution in [0.1, 0.15) is 93.2 Å². The number of hydrogen-bond acceptors (Lipinski definition) is 18. The van der Waals surface area contributed by atoms with Crippen LogP contribution < -0.4 is 20.3 Å². The average Bonchev–Trinajstić information content (AvgIpc) is 1.66. The number of likely N-dealkylation sites (tertiary alicyclic amines) is 1. The molecule has 2 N–H and O–H groups in total. The number of benzene rings is 3. The number of halogens is 1. The fraction of sp³-hybridized carbons (Fsp3) is 0.567. The summed E-state index contributed by atoms with van der Waals surface area (Å²) in [5.74, 6) is 0.0811. The summed E-state index contributed by atoms with van der Waals surface area (Å²) in [5, 5.41) is 14.9. The number of methoxy groups -OCH3 is 1. The minimum Gasteiger partial charge on any atom is -0.496 e. The number of ether oxygens (including phenoxy) is 6. The second kappa shape index (κ2) is 34.3. The zero-order valence-electron chi connectivity index (χ0n) is 53.5. The molecule has 3 aliphatic rings. The molecule has 20 nitrogen and oxygen atoms in total. The summed E-state index contributed by atoms with van der Waals surface area (Å²) < 4.78 is 47.2. The summed E-state index contributed by atoms with van der Waals surface area (Å²) in [5.41, 5.74) is 7.93. The molecule has 3 saturated heterocycles. The van der Waals surface area contributed by atoms with Crippen LogP contribution in [0, 0.1) is 18.3 Å². The van der Waals surface area contributed by atoms with Crippen molar-refractivity contribution in [3.8, 4) is 16.2 Å². The first kappa shape index (κ1) is 70.2. The topological polar surface area (TPSA) is 225 Å². The Hall–Kier alpha value is -5.71. The van der Waals surface area contributed by atoms with Crippen molar-refractivity contribution in [3.05, 3.63) is 117 Å². The van der Waals surface area contributed by atoms with Gasteiger partial charge in [0.05, 0.1) is 113 Å². The van der Waals surface area contributed by atoms with Crippen LogP contribution in [0.2, 0.25) is 5.02 Å². The van der Waals surface area contributed by atoms with Crippen LogP contribution >= 0.6 is 30.1 Å². The lowest BCUT2D eigenvalue weighted by Gasteiger charge is -2.43. The van der Waals surface area contributed by atoms with E-state index in [0.29, 0.717) is 114 Å². The Morgan fingerprint density at radius 1 is 0.789 bits per heavy atom. The van der Waals surface area contributed by atoms with E-state index in [-0.39, 0.29) is 62.5 Å². The molecule has 5 heterocycles. The fourth-order valence-corrected chi connectivity index (χ4v) is 14.1. The molecule has 490 valence electrons. The van der Waals surface area contributed by atoms with E-state index >= 15 is 0 Å². The zero-order valence-corrected chi connectivity index (χ0v) is 56.0. The van der Waals surface area contributed by atoms with E-state index < -0.39 is 30.6 Å². The Bertz CT molecular complexity index is 3180. The molecule has 0 radical (unpaired) electrons. The molecular formula is C67H92ClN8O12PS. The summed E-state index contributed by atoms with van der Waals surface area (Å²) in [4.78, 5) is 76.9. The molecule has 8 rings (SSSR count). The van der Waals surface area contributed by atoms with Gasteiger partial charge in [-0.2, -0.15) is 0 Å². The summed E-state index contributed by atoms with van der Waals surface area (Å²) >= 11 is 8.17. The number of piperazine rings is 1. The number of ketones is 1. The molecular weight excluding hydrogens is 1210 g/mol. The van der Waals surface area contributed by atoms with Crippen LogP contribution in [0.15, 0.2) is 78.4 Å². The van der Waals surface area contributed by atoms with Crippen molar-refractivity contribution in [2.75, 3.05) is 137 Å². The lowest BCUT2D eigenvalue weighted by atomic mass is 9.76. The van der Waals surface area contributed by atoms with Crippen LogP contribution in [0.25, 0.3) is 10.4 Å². The number of carbonyl (C=O) groups excluding carboxylic acids is 4. The van der Waals surface area contributed by atoms with Crippen LogP contribution in [-0.2, 0) is 66.8 Å². The number of hydrogen-bond donors (Lipinski definition) is 2. The number of thiazole rings is 1. The van der Waals surface area contributed by atoms with Gasteiger partial charge in [0.2, 0.25) is 17.7 Å². The van der Waals surface area contributed by atoms with Crippen molar-refractivity contribution in [2.24, 2.45) is 11.3 Å². The van der Waals surface area contributed by atoms with Gasteiger partial charge in [-0.15, -0.1) is 11.3 Å². The number of aryl methyl sites for hydroxylation is 1. The highest BCUT2D eigenvalue weighted by atomic mass is 35.5. The number of anilines is 1. The lowest BCUT2D eigenvalue weighted by Crippen LogP contribution is -2.54. The fourth-order valence-electron chi connectivity index (χ4n) is 11.8. The standard InChI is InChI=1S/C67H92ClN8O12PS/c1-47-64(90-46-71-47)49-14-12-48(13-15-49)43-70-65(80)59-42-55(78)45-76(59)66(81)56(67(2,3)4)41-54(77)20-28-84-30-32-86-34-36-88-37-35-87-33-31-85-29-21-63(79)75-26-24-74(25-27-75)52-18-22-73(23-19-52)53-17-16-50(60(40-53)83-5)39-62-69-44-57(68)58(72-62)38-51-10-8-9-11-61(51)89(6,7)82/h8-17,40,44,46,52,55-56,59,78H,18-39,41-43,45H2,1-7H3,(H,70,80)/t55-,56-,59+/m1/s1. The van der Waals surface area contributed by atoms with Crippen molar-refractivity contribution in [1.82, 2.24) is 35.0 Å². The summed E-state index contributed by atoms with van der Waals surface area (Å²) in [6.07, 6.45) is 4.43. The maximum absolute atomic E-state index is 14.0. The maximum Gasteiger partial charge on any atom is 0.243 e. The van der Waals surface area contributed by atoms with E-state index in [4.69, 9.17) is 45.0 Å². The number of nitrogens with one attached hydrogen (secondary N) is 1. The molecule has 3 amide bonds. The number of aliphatic hydroxyl groups is 1. The van der Waals surface area contributed by atoms with E-state index in [0.717, 1.165) is 88.6 Å². The molecule has 0 aliphatic carbocycles. The maximum atomic E-state index is 14.0. The van der Waals surface area contributed by atoms with Crippen LogP contribution in [0.3, 0.4) is 0 Å². The van der Waals surface area contributed by atoms with Gasteiger partial charge < -0.3 is 58.1 Å². The molecule has 5 aromatic rings. The first-order chi connectivity index (χ1) is 43.2. The normalized spacial score (nSPS) is 17.2. The highest BCUT2D eigenvalue weighted by Gasteiger charge is 2.44. The monoisotopic (exact) mass is 1300 g/mol. The predicted molar refractivity (Wildman–Crippen MR) is 351 cm³/mol. The van der Waals surface area contributed by atoms with E-state index in [9.17, 15) is 28.8 Å². The second-order valence-electron chi connectivity index (χ2n) is 24.8. The van der Waals surface area contributed by atoms with Crippen molar-refractivity contribution < 1.29 is 57.3 Å². The molecule has 2 aromatic heterocycles. The van der Waals surface area contributed by atoms with Crippen LogP contribution in [-0.4, -0.2) is 209 Å². The van der Waals surface area contributed by atoms with Gasteiger partial charge in [0.25, 0.3) is 0 Å². The zero-order chi connectivity index (χ0) is 64.2. The third-order valence-corrected chi connectivity index (χ3v) is 19.9. The van der Waals surface area contributed by atoms with Crippen LogP contribution in [0.4, 0.5) is 5.69 Å². The van der Waals surface area contributed by atoms with Crippen LogP contribution in [0.5, 0.6) is 5.75 Å². The molecule has 3 fully saturated rings. The number of amides is 3. The van der Waals surface area contributed by atoms with E-state index in [2.05, 4.69) is 43.3 Å². The third kappa shape index (κ3) is 20.6. The number of rotatable bonds is 33. The van der Waals surface area contributed by atoms with Gasteiger partial charge in [-0.05, 0) is 61.3 Å². The first-order valence-corrected chi connectivity index (χ1v) is 35.3. The minimum atomic E-state index is -2.49. The highest BCUT2D eigenvalue weighted by molar-refractivity contribution is 7.70. The third-order valence-electron chi connectivity index (χ3n) is 17.0. The number of nitrogens with zero attached hydrogens (tertiary/aromatic N) is 7. The predicted octanol–water partition coefficient (Wildman–Crippen LogP) is 7.88. The summed E-state index contributed by atoms with van der Waals surface area (Å²) in [7, 11) is -0.799. The molecule has 90 heavy (non-hydrogen) atoms. The number of aromatic nitrogens is 3. The van der Waals surface area contributed by atoms with Crippen molar-refractivity contribution in [2.45, 2.75) is 104 Å². The SMILES string of the molecule is COc1cc(N2CCC(N3CCN(C(=O)CCOCCOCCOCCOCCOCCC(=O)C[C@H](C(=O)N4C[C@H](O)C[C@H]4C(=O)NCc4ccc(-c5scnc5C)cc4)C(C)(C)C)CC3)CC2)ccc1Cc1ncc(Cl)c(Cc2ccccc2P(C)(C)=O)n1. The molecule has 0 unspecified atom stereocenters. The molecule has 0 bridgehead atoms. The van der Waals surface area contributed by atoms with Gasteiger partial charge in [-0.3, -0.25) is 24.1 Å². The van der Waals surface area contributed by atoms with E-state index in [1.807, 2.05) is 86.6 Å². The summed E-state index contributed by atoms with van der Waals surface area (Å²) in [6.45, 7) is 20.1. The largest absolute Gasteiger partial charge is 0.496 e.